The zero-order chi connectivity index (χ0) is 17.3. The number of hydrogen-bond donors (Lipinski definition) is 0. The predicted octanol–water partition coefficient (Wildman–Crippen LogP) is 1.94. The Morgan fingerprint density at radius 1 is 0.750 bits per heavy atom. The molecule has 0 amide bonds. The summed E-state index contributed by atoms with van der Waals surface area (Å²) < 4.78 is 32.7. The predicted molar refractivity (Wildman–Crippen MR) is 92.6 cm³/mol. The zero-order valence-corrected chi connectivity index (χ0v) is 15.7. The smallest absolute Gasteiger partial charge is 0.138 e. The number of halogens is 1. The van der Waals surface area contributed by atoms with Gasteiger partial charge in [0.05, 0.1) is 65.7 Å². The highest BCUT2D eigenvalue weighted by Crippen LogP contribution is 2.15. The Bertz CT molecular complexity index is 410. The maximum Gasteiger partial charge on any atom is 0.138 e. The largest absolute Gasteiger partial charge is 0.490 e. The maximum atomic E-state index is 5.50. The number of aromatic nitrogens is 1. The summed E-state index contributed by atoms with van der Waals surface area (Å²) in [4.78, 5) is 4.01. The van der Waals surface area contributed by atoms with Crippen molar-refractivity contribution in [1.82, 2.24) is 4.98 Å². The molecular weight excluding hydrogens is 382 g/mol. The molecule has 0 aliphatic heterocycles. The lowest BCUT2D eigenvalue weighted by molar-refractivity contribution is -0.00979. The molecule has 138 valence electrons. The van der Waals surface area contributed by atoms with Crippen LogP contribution in [0.25, 0.3) is 0 Å². The van der Waals surface area contributed by atoms with E-state index in [2.05, 4.69) is 20.9 Å². The van der Waals surface area contributed by atoms with E-state index >= 15 is 0 Å². The van der Waals surface area contributed by atoms with Gasteiger partial charge in [0.15, 0.2) is 0 Å². The topological polar surface area (TPSA) is 68.3 Å². The Morgan fingerprint density at radius 3 is 1.75 bits per heavy atom. The minimum atomic E-state index is 0.477. The molecule has 8 heteroatoms. The first-order chi connectivity index (χ1) is 11.8. The summed E-state index contributed by atoms with van der Waals surface area (Å²) >= 11 is 3.34. The Kier molecular flexibility index (Phi) is 14.0. The first-order valence-corrected chi connectivity index (χ1v) is 8.65. The first kappa shape index (κ1) is 21.3. The van der Waals surface area contributed by atoms with Crippen LogP contribution in [0.4, 0.5) is 0 Å². The highest BCUT2D eigenvalue weighted by Gasteiger charge is 1.96. The molecule has 0 N–H and O–H groups in total. The van der Waals surface area contributed by atoms with E-state index < -0.39 is 0 Å². The van der Waals surface area contributed by atoms with Crippen LogP contribution in [0.1, 0.15) is 0 Å². The fourth-order valence-electron chi connectivity index (χ4n) is 1.59. The Labute approximate surface area is 151 Å². The second-order valence-electron chi connectivity index (χ2n) is 4.63. The van der Waals surface area contributed by atoms with Crippen molar-refractivity contribution in [1.29, 1.82) is 0 Å². The summed E-state index contributed by atoms with van der Waals surface area (Å²) in [6.07, 6.45) is 3.37. The summed E-state index contributed by atoms with van der Waals surface area (Å²) in [5, 5.41) is 0. The number of ether oxygens (including phenoxy) is 6. The Morgan fingerprint density at radius 2 is 1.25 bits per heavy atom. The van der Waals surface area contributed by atoms with Crippen molar-refractivity contribution in [3.8, 4) is 5.75 Å². The number of hydrogen-bond acceptors (Lipinski definition) is 7. The van der Waals surface area contributed by atoms with Crippen LogP contribution >= 0.6 is 15.9 Å². The fourth-order valence-corrected chi connectivity index (χ4v) is 1.94. The molecule has 1 aromatic heterocycles. The third kappa shape index (κ3) is 12.6. The number of nitrogens with zero attached hydrogens (tertiary/aromatic N) is 1. The van der Waals surface area contributed by atoms with E-state index in [1.165, 1.54) is 0 Å². The highest BCUT2D eigenvalue weighted by molar-refractivity contribution is 9.10. The summed E-state index contributed by atoms with van der Waals surface area (Å²) in [6.45, 7) is 5.46. The maximum absolute atomic E-state index is 5.50. The lowest BCUT2D eigenvalue weighted by Crippen LogP contribution is -2.14. The average Bonchev–Trinajstić information content (AvgIpc) is 2.58. The van der Waals surface area contributed by atoms with Crippen molar-refractivity contribution in [2.24, 2.45) is 0 Å². The van der Waals surface area contributed by atoms with Crippen LogP contribution in [0.2, 0.25) is 0 Å². The second-order valence-corrected chi connectivity index (χ2v) is 5.55. The molecule has 1 aromatic rings. The average molecular weight is 408 g/mol. The quantitative estimate of drug-likeness (QED) is 0.387. The van der Waals surface area contributed by atoms with Gasteiger partial charge in [0.2, 0.25) is 0 Å². The Balaban J connectivity index is 1.76. The van der Waals surface area contributed by atoms with E-state index in [0.29, 0.717) is 71.8 Å². The summed E-state index contributed by atoms with van der Waals surface area (Å²) in [5.41, 5.74) is 0. The van der Waals surface area contributed by atoms with Crippen LogP contribution in [0.5, 0.6) is 5.75 Å². The standard InChI is InChI=1S/C16H26BrNO6/c1-19-2-3-20-4-5-21-6-7-22-8-9-23-10-11-24-16-12-15(17)13-18-14-16/h12-14H,2-11H2,1H3. The summed E-state index contributed by atoms with van der Waals surface area (Å²) in [7, 11) is 1.65. The summed E-state index contributed by atoms with van der Waals surface area (Å²) in [5.74, 6) is 0.715. The summed E-state index contributed by atoms with van der Waals surface area (Å²) in [6, 6.07) is 1.86. The van der Waals surface area contributed by atoms with Crippen molar-refractivity contribution in [3.05, 3.63) is 22.9 Å². The van der Waals surface area contributed by atoms with Gasteiger partial charge in [-0.05, 0) is 22.0 Å². The number of rotatable bonds is 16. The van der Waals surface area contributed by atoms with Gasteiger partial charge in [-0.15, -0.1) is 0 Å². The third-order valence-corrected chi connectivity index (χ3v) is 3.16. The highest BCUT2D eigenvalue weighted by atomic mass is 79.9. The van der Waals surface area contributed by atoms with Crippen molar-refractivity contribution in [2.45, 2.75) is 0 Å². The van der Waals surface area contributed by atoms with Crippen molar-refractivity contribution < 1.29 is 28.4 Å². The van der Waals surface area contributed by atoms with E-state index in [-0.39, 0.29) is 0 Å². The normalized spacial score (nSPS) is 10.9. The molecule has 0 atom stereocenters. The van der Waals surface area contributed by atoms with Crippen LogP contribution in [-0.2, 0) is 23.7 Å². The van der Waals surface area contributed by atoms with Crippen LogP contribution in [0.15, 0.2) is 22.9 Å². The van der Waals surface area contributed by atoms with Crippen LogP contribution in [0, 0.1) is 0 Å². The van der Waals surface area contributed by atoms with E-state index in [1.807, 2.05) is 6.07 Å². The van der Waals surface area contributed by atoms with Gasteiger partial charge in [-0.1, -0.05) is 0 Å². The number of pyridine rings is 1. The molecule has 1 heterocycles. The molecule has 24 heavy (non-hydrogen) atoms. The van der Waals surface area contributed by atoms with E-state index in [4.69, 9.17) is 28.4 Å². The van der Waals surface area contributed by atoms with Crippen molar-refractivity contribution in [2.75, 3.05) is 73.2 Å². The van der Waals surface area contributed by atoms with E-state index in [9.17, 15) is 0 Å². The van der Waals surface area contributed by atoms with Gasteiger partial charge in [0, 0.05) is 17.8 Å². The Hall–Kier alpha value is -0.770. The number of methoxy groups -OCH3 is 1. The minimum absolute atomic E-state index is 0.477. The minimum Gasteiger partial charge on any atom is -0.490 e. The molecule has 0 saturated heterocycles. The fraction of sp³-hybridized carbons (Fsp3) is 0.688. The monoisotopic (exact) mass is 407 g/mol. The van der Waals surface area contributed by atoms with Gasteiger partial charge in [-0.2, -0.15) is 0 Å². The van der Waals surface area contributed by atoms with Crippen LogP contribution in [0.3, 0.4) is 0 Å². The molecule has 7 nitrogen and oxygen atoms in total. The molecule has 0 aliphatic carbocycles. The SMILES string of the molecule is COCCOCCOCCOCCOCCOc1cncc(Br)c1. The van der Waals surface area contributed by atoms with Gasteiger partial charge < -0.3 is 28.4 Å². The van der Waals surface area contributed by atoms with E-state index in [1.54, 1.807) is 19.5 Å². The van der Waals surface area contributed by atoms with Gasteiger partial charge in [-0.3, -0.25) is 4.98 Å². The molecule has 1 rings (SSSR count). The molecule has 0 fully saturated rings. The molecule has 0 unspecified atom stereocenters. The molecule has 0 radical (unpaired) electrons. The zero-order valence-electron chi connectivity index (χ0n) is 14.1. The van der Waals surface area contributed by atoms with Gasteiger partial charge >= 0.3 is 0 Å². The third-order valence-electron chi connectivity index (χ3n) is 2.72. The molecule has 0 spiro atoms. The lowest BCUT2D eigenvalue weighted by atomic mass is 10.5. The second kappa shape index (κ2) is 15.7. The van der Waals surface area contributed by atoms with Crippen molar-refractivity contribution >= 4 is 15.9 Å². The van der Waals surface area contributed by atoms with E-state index in [0.717, 1.165) is 4.47 Å². The molecule has 0 bridgehead atoms. The van der Waals surface area contributed by atoms with Crippen LogP contribution < -0.4 is 4.74 Å². The first-order valence-electron chi connectivity index (χ1n) is 7.86. The molecule has 0 saturated carbocycles. The van der Waals surface area contributed by atoms with Gasteiger partial charge in [0.1, 0.15) is 12.4 Å². The van der Waals surface area contributed by atoms with Crippen LogP contribution in [-0.4, -0.2) is 78.2 Å². The van der Waals surface area contributed by atoms with Crippen molar-refractivity contribution in [3.63, 3.8) is 0 Å². The molecular formula is C16H26BrNO6. The molecule has 0 aliphatic rings. The lowest BCUT2D eigenvalue weighted by Gasteiger charge is -2.08. The van der Waals surface area contributed by atoms with Gasteiger partial charge in [-0.25, -0.2) is 0 Å². The molecule has 0 aromatic carbocycles. The van der Waals surface area contributed by atoms with Gasteiger partial charge in [0.25, 0.3) is 0 Å².